The predicted molar refractivity (Wildman–Crippen MR) is 230 cm³/mol. The number of benzene rings is 7. The molecule has 14 bridgehead atoms. The van der Waals surface area contributed by atoms with Crippen molar-refractivity contribution in [3.8, 4) is 0 Å². The highest BCUT2D eigenvalue weighted by Crippen LogP contribution is 2.09. The summed E-state index contributed by atoms with van der Waals surface area (Å²) in [5, 5.41) is 13.0. The SMILES string of the molecule is c1c2ccc(c#cc3ccc(c#cc4ccc(c#cc5ccc(c#cc6ccc(c#cc7ccc(c#cc8ccc(c#1)cc8)cc7)cc6)cc5)cc4)cc3)cc2. The van der Waals surface area contributed by atoms with Crippen LogP contribution in [0.3, 0.4) is 0 Å². The van der Waals surface area contributed by atoms with Crippen molar-refractivity contribution in [3.05, 3.63) is 255 Å². The molecule has 0 saturated heterocycles. The Morgan fingerprint density at radius 3 is 0.214 bits per heavy atom. The molecule has 0 N–H and O–H groups in total. The molecule has 0 saturated carbocycles. The molecule has 15 aromatic rings. The lowest BCUT2D eigenvalue weighted by Crippen LogP contribution is -1.64. The summed E-state index contributed by atoms with van der Waals surface area (Å²) in [5.41, 5.74) is 0. The van der Waals surface area contributed by atoms with Crippen molar-refractivity contribution < 1.29 is 0 Å². The summed E-state index contributed by atoms with van der Waals surface area (Å²) >= 11 is 0. The minimum atomic E-state index is 0.927. The average Bonchev–Trinajstić information content (AvgIpc) is 3.26. The van der Waals surface area contributed by atoms with Crippen LogP contribution in [0.2, 0.25) is 0 Å². The van der Waals surface area contributed by atoms with E-state index in [9.17, 15) is 0 Å². The first-order chi connectivity index (χ1) is 27.6. The van der Waals surface area contributed by atoms with Crippen LogP contribution in [-0.4, -0.2) is 0 Å². The third kappa shape index (κ3) is 9.66. The van der Waals surface area contributed by atoms with Gasteiger partial charge in [0.1, 0.15) is 0 Å². The van der Waals surface area contributed by atoms with Crippen LogP contribution in [-0.2, 0) is 0 Å². The van der Waals surface area contributed by atoms with Gasteiger partial charge in [-0.05, 0) is 170 Å². The first-order valence-electron chi connectivity index (χ1n) is 18.0. The van der Waals surface area contributed by atoms with Gasteiger partial charge in [-0.25, -0.2) is 0 Å². The Balaban J connectivity index is 1.12. The molecule has 15 rings (SSSR count). The minimum absolute atomic E-state index is 0.927. The molecule has 252 valence electrons. The van der Waals surface area contributed by atoms with Gasteiger partial charge in [0.25, 0.3) is 0 Å². The maximum absolute atomic E-state index is 3.25. The lowest BCUT2D eigenvalue weighted by molar-refractivity contribution is 1.79. The van der Waals surface area contributed by atoms with Gasteiger partial charge in [-0.2, -0.15) is 0 Å². The highest BCUT2D eigenvalue weighted by atomic mass is 13.9. The van der Waals surface area contributed by atoms with Gasteiger partial charge in [-0.3, -0.25) is 0 Å². The van der Waals surface area contributed by atoms with Gasteiger partial charge in [-0.1, -0.05) is 84.9 Å². The normalized spacial score (nSPS) is 9.50. The molecular formula is C56H28. The molecule has 0 unspecified atom stereocenters. The minimum Gasteiger partial charge on any atom is -0.0617 e. The molecule has 0 heteroatoms. The van der Waals surface area contributed by atoms with Crippen LogP contribution in [0.1, 0.15) is 0 Å². The van der Waals surface area contributed by atoms with Crippen LogP contribution >= 0.6 is 0 Å². The third-order valence-corrected chi connectivity index (χ3v) is 8.65. The van der Waals surface area contributed by atoms with E-state index >= 15 is 0 Å². The van der Waals surface area contributed by atoms with Crippen molar-refractivity contribution in [1.29, 1.82) is 0 Å². The first-order valence-corrected chi connectivity index (χ1v) is 18.0. The molecule has 0 amide bonds. The Morgan fingerprint density at radius 1 is 0.107 bits per heavy atom. The van der Waals surface area contributed by atoms with Crippen molar-refractivity contribution >= 4 is 75.4 Å². The maximum atomic E-state index is 3.25. The quantitative estimate of drug-likeness (QED) is 0.148. The topological polar surface area (TPSA) is 0 Å². The summed E-state index contributed by atoms with van der Waals surface area (Å²) in [7, 11) is 0. The van der Waals surface area contributed by atoms with E-state index in [1.807, 2.05) is 170 Å². The molecule has 0 heterocycles. The Kier molecular flexibility index (Phi) is 10.4. The molecule has 0 aliphatic rings. The molecule has 56 heavy (non-hydrogen) atoms. The molecule has 0 aliphatic heterocycles. The van der Waals surface area contributed by atoms with Crippen molar-refractivity contribution in [1.82, 2.24) is 0 Å². The van der Waals surface area contributed by atoms with E-state index < -0.39 is 0 Å². The van der Waals surface area contributed by atoms with Gasteiger partial charge in [0.15, 0.2) is 0 Å². The molecule has 0 atom stereocenters. The molecule has 0 radical (unpaired) electrons. The zero-order valence-corrected chi connectivity index (χ0v) is 30.2. The van der Waals surface area contributed by atoms with E-state index in [-0.39, 0.29) is 0 Å². The molecule has 0 aromatic heterocycles. The summed E-state index contributed by atoms with van der Waals surface area (Å²) in [5.74, 6) is 0. The van der Waals surface area contributed by atoms with E-state index in [1.165, 1.54) is 0 Å². The van der Waals surface area contributed by atoms with Crippen LogP contribution in [0.5, 0.6) is 0 Å². The smallest absolute Gasteiger partial charge is 0.0249 e. The Labute approximate surface area is 328 Å². The van der Waals surface area contributed by atoms with Gasteiger partial charge in [0, 0.05) is 75.4 Å². The zero-order chi connectivity index (χ0) is 37.8. The maximum Gasteiger partial charge on any atom is 0.0249 e. The van der Waals surface area contributed by atoms with Crippen molar-refractivity contribution in [2.45, 2.75) is 0 Å². The third-order valence-electron chi connectivity index (χ3n) is 8.65. The Bertz CT molecular complexity index is 2160. The summed E-state index contributed by atoms with van der Waals surface area (Å²) in [6.45, 7) is 0. The van der Waals surface area contributed by atoms with Gasteiger partial charge in [0.2, 0.25) is 0 Å². The highest BCUT2D eigenvalue weighted by Gasteiger charge is 1.87. The second-order valence-corrected chi connectivity index (χ2v) is 12.8. The van der Waals surface area contributed by atoms with E-state index in [1.54, 1.807) is 0 Å². The summed E-state index contributed by atoms with van der Waals surface area (Å²) in [6.07, 6.45) is 0. The van der Waals surface area contributed by atoms with Crippen molar-refractivity contribution in [3.63, 3.8) is 0 Å². The number of hydrogen-bond acceptors (Lipinski definition) is 0. The van der Waals surface area contributed by atoms with Crippen LogP contribution in [0, 0.1) is 84.9 Å². The Morgan fingerprint density at radius 2 is 0.161 bits per heavy atom. The monoisotopic (exact) mass is 700 g/mol. The standard InChI is InChI=1S/C56H28/c1-2-44-4-3-43(1)29-30-45-5-7-47(8-6-45)33-34-49-13-15-51(16-14-49)37-38-53-21-23-55(24-22-53)41-42-56-27-25-54(26-28-56)40-39-52-19-17-50(18-20-52)36-35-48-11-9-46(10-12-48)32-31-44/h1-28H. The summed E-state index contributed by atoms with van der Waals surface area (Å²) in [6, 6.07) is 101. The van der Waals surface area contributed by atoms with Crippen molar-refractivity contribution in [2.24, 2.45) is 0 Å². The molecule has 0 spiro atoms. The zero-order valence-electron chi connectivity index (χ0n) is 30.2. The molecule has 0 aliphatic carbocycles. The second kappa shape index (κ2) is 16.9. The highest BCUT2D eigenvalue weighted by molar-refractivity contribution is 5.67. The lowest BCUT2D eigenvalue weighted by atomic mass is 10.2. The fourth-order valence-corrected chi connectivity index (χ4v) is 5.47. The summed E-state index contributed by atoms with van der Waals surface area (Å²) < 4.78 is 0. The molecular weight excluding hydrogens is 673 g/mol. The Hall–Kier alpha value is -8.54. The van der Waals surface area contributed by atoms with Gasteiger partial charge in [-0.15, -0.1) is 0 Å². The summed E-state index contributed by atoms with van der Waals surface area (Å²) in [4.78, 5) is 0. The number of rotatable bonds is 0. The average molecular weight is 701 g/mol. The largest absolute Gasteiger partial charge is 0.0617 e. The fourth-order valence-electron chi connectivity index (χ4n) is 5.47. The van der Waals surface area contributed by atoms with Crippen molar-refractivity contribution in [2.75, 3.05) is 0 Å². The van der Waals surface area contributed by atoms with E-state index in [0.717, 1.165) is 75.4 Å². The van der Waals surface area contributed by atoms with Crippen LogP contribution in [0.25, 0.3) is 75.4 Å². The number of fused-ring (bicyclic) bond motifs is 7. The van der Waals surface area contributed by atoms with Gasteiger partial charge >= 0.3 is 0 Å². The molecule has 15 aromatic carbocycles. The lowest BCUT2D eigenvalue weighted by Gasteiger charge is -1.86. The van der Waals surface area contributed by atoms with E-state index in [2.05, 4.69) is 84.9 Å². The predicted octanol–water partition coefficient (Wildman–Crippen LogP) is 13.1. The molecule has 0 nitrogen and oxygen atoms in total. The van der Waals surface area contributed by atoms with E-state index in [0.29, 0.717) is 0 Å². The van der Waals surface area contributed by atoms with Gasteiger partial charge < -0.3 is 0 Å². The second-order valence-electron chi connectivity index (χ2n) is 12.8. The molecule has 0 fully saturated rings. The number of hydrogen-bond donors (Lipinski definition) is 0. The van der Waals surface area contributed by atoms with Crippen LogP contribution in [0.4, 0.5) is 0 Å². The van der Waals surface area contributed by atoms with E-state index in [4.69, 9.17) is 0 Å². The van der Waals surface area contributed by atoms with Crippen LogP contribution < -0.4 is 0 Å². The van der Waals surface area contributed by atoms with Gasteiger partial charge in [0.05, 0.1) is 0 Å². The van der Waals surface area contributed by atoms with Crippen LogP contribution in [0.15, 0.2) is 170 Å². The fraction of sp³-hybridized carbons (Fsp3) is 0. The first kappa shape index (κ1) is 34.5.